The monoisotopic (exact) mass is 1700 g/mol. The molecule has 6 nitrogen and oxygen atoms in total. The maximum Gasteiger partial charge on any atom is 0.159 e. The van der Waals surface area contributed by atoms with Crippen LogP contribution < -0.4 is 0 Å². The Morgan fingerprint density at radius 1 is 0.179 bits per heavy atom. The van der Waals surface area contributed by atoms with Gasteiger partial charge in [0.15, 0.2) is 5.82 Å². The second kappa shape index (κ2) is 32.8. The van der Waals surface area contributed by atoms with Crippen molar-refractivity contribution in [2.75, 3.05) is 0 Å². The van der Waals surface area contributed by atoms with E-state index in [2.05, 4.69) is 404 Å². The first-order chi connectivity index (χ1) is 55.1. The number of aromatic nitrogens is 6. The molecular weight excluding hydrogens is 1630 g/mol. The molecule has 2 aliphatic rings. The lowest BCUT2D eigenvalue weighted by Crippen LogP contribution is -2.21. The number of hydrogen-bond donors (Lipinski definition) is 0. The second-order valence-electron chi connectivity index (χ2n) is 29.8. The Bertz CT molecular complexity index is 5400. The minimum atomic E-state index is 0.205. The fraction of sp³-hybridized carbons (Fsp3) is 0.118. The van der Waals surface area contributed by atoms with Crippen LogP contribution >= 0.6 is 63.7 Å². The molecule has 4 unspecified atom stereocenters. The van der Waals surface area contributed by atoms with Gasteiger partial charge in [-0.15, -0.1) is 0 Å². The van der Waals surface area contributed by atoms with Crippen LogP contribution in [0, 0.1) is 0 Å². The zero-order valence-electron chi connectivity index (χ0n) is 61.4. The van der Waals surface area contributed by atoms with Gasteiger partial charge < -0.3 is 0 Å². The molecule has 0 N–H and O–H groups in total. The highest BCUT2D eigenvalue weighted by atomic mass is 79.9. The van der Waals surface area contributed by atoms with Crippen molar-refractivity contribution in [2.45, 2.75) is 74.0 Å². The fourth-order valence-electron chi connectivity index (χ4n) is 17.8. The third kappa shape index (κ3) is 15.6. The standard InChI is InChI=1S/C102H76Br4N6/c103-82-21-13-17-67(55-82)98-45-41-71(59-107-98)87-26-2-7-31-92(87)76-49-75(50-77(51-76)93-32-8-3-27-88(93)72-42-46-99(108-60-72)68-18-14-22-83(104)56-68)91-30-6-1-25-86(91)65-37-39-66(40-38-65)102-111-63-81(64-112-102)97-36-12-11-35-96(97)80-53-78(94-33-9-4-28-89(94)73-43-47-100(109-61-73)69-19-15-23-84(105)57-69)52-79(54-80)95-34-10-5-29-90(95)74-44-48-101(110-62-74)70-20-16-24-85(106)58-70/h1-48,55-64,75-80H,49-54H2. The van der Waals surface area contributed by atoms with Gasteiger partial charge in [0.1, 0.15) is 0 Å². The quantitative estimate of drug-likeness (QED) is 0.0904. The SMILES string of the molecule is Brc1cccc(-c2ccc(-c3ccccc3C3CC(c4ccccc4-c4ccc(-c5ncc(-c6ccccc6C6CC(c7ccccc7-c7ccc(-c8cccc(Br)c8)nc7)CC(c7ccccc7-c7ccc(-c8cccc(Br)c8)nc7)C6)cn5)cc4)CC(c4ccccc4-c4ccc(-c5cccc(Br)c5)nc4)C3)cn2)c1. The van der Waals surface area contributed by atoms with E-state index < -0.39 is 0 Å². The van der Waals surface area contributed by atoms with E-state index in [1.54, 1.807) is 0 Å². The van der Waals surface area contributed by atoms with E-state index in [0.29, 0.717) is 5.82 Å². The van der Waals surface area contributed by atoms with Crippen molar-refractivity contribution in [3.8, 4) is 123 Å². The van der Waals surface area contributed by atoms with Crippen LogP contribution in [0.5, 0.6) is 0 Å². The Balaban J connectivity index is 0.649. The van der Waals surface area contributed by atoms with Gasteiger partial charge in [0.2, 0.25) is 0 Å². The Labute approximate surface area is 688 Å². The zero-order chi connectivity index (χ0) is 75.4. The predicted octanol–water partition coefficient (Wildman–Crippen LogP) is 29.1. The highest BCUT2D eigenvalue weighted by molar-refractivity contribution is 9.11. The molecule has 0 spiro atoms. The highest BCUT2D eigenvalue weighted by Crippen LogP contribution is 2.55. The minimum absolute atomic E-state index is 0.205. The Morgan fingerprint density at radius 3 is 0.634 bits per heavy atom. The summed E-state index contributed by atoms with van der Waals surface area (Å²) in [6.07, 6.45) is 18.2. The van der Waals surface area contributed by atoms with E-state index in [0.717, 1.165) is 140 Å². The number of halogens is 4. The van der Waals surface area contributed by atoms with Crippen molar-refractivity contribution >= 4 is 63.7 Å². The lowest BCUT2D eigenvalue weighted by atomic mass is 9.66. The Kier molecular flexibility index (Phi) is 21.2. The van der Waals surface area contributed by atoms with Crippen molar-refractivity contribution in [2.24, 2.45) is 0 Å². The molecule has 2 aliphatic carbocycles. The van der Waals surface area contributed by atoms with Crippen molar-refractivity contribution in [1.29, 1.82) is 0 Å². The first kappa shape index (κ1) is 72.6. The van der Waals surface area contributed by atoms with Gasteiger partial charge in [-0.05, 0) is 219 Å². The summed E-state index contributed by atoms with van der Waals surface area (Å²) in [6, 6.07) is 114. The maximum absolute atomic E-state index is 5.22. The molecule has 0 amide bonds. The first-order valence-electron chi connectivity index (χ1n) is 38.5. The molecule has 0 bridgehead atoms. The molecule has 18 rings (SSSR count). The topological polar surface area (TPSA) is 77.3 Å². The summed E-state index contributed by atoms with van der Waals surface area (Å²) in [7, 11) is 0. The normalized spacial score (nSPS) is 16.9. The predicted molar refractivity (Wildman–Crippen MR) is 474 cm³/mol. The Morgan fingerprint density at radius 2 is 0.393 bits per heavy atom. The van der Waals surface area contributed by atoms with E-state index in [-0.39, 0.29) is 35.5 Å². The van der Waals surface area contributed by atoms with Gasteiger partial charge in [0.25, 0.3) is 0 Å². The molecule has 16 aromatic rings. The summed E-state index contributed by atoms with van der Waals surface area (Å²) in [5, 5.41) is 0. The summed E-state index contributed by atoms with van der Waals surface area (Å²) >= 11 is 14.7. The molecule has 542 valence electrons. The van der Waals surface area contributed by atoms with Crippen LogP contribution in [0.25, 0.3) is 123 Å². The molecule has 2 saturated carbocycles. The van der Waals surface area contributed by atoms with Gasteiger partial charge in [-0.25, -0.2) is 9.97 Å². The van der Waals surface area contributed by atoms with Crippen LogP contribution in [0.1, 0.15) is 107 Å². The maximum atomic E-state index is 5.22. The molecule has 2 fully saturated rings. The Hall–Kier alpha value is -11.0. The molecule has 10 heteroatoms. The third-order valence-electron chi connectivity index (χ3n) is 23.0. The van der Waals surface area contributed by atoms with Crippen LogP contribution in [0.15, 0.2) is 371 Å². The lowest BCUT2D eigenvalue weighted by Gasteiger charge is -2.38. The number of rotatable bonds is 17. The smallest absolute Gasteiger partial charge is 0.159 e. The van der Waals surface area contributed by atoms with Crippen molar-refractivity contribution in [1.82, 2.24) is 29.9 Å². The van der Waals surface area contributed by atoms with Gasteiger partial charge >= 0.3 is 0 Å². The second-order valence-corrected chi connectivity index (χ2v) is 33.4. The van der Waals surface area contributed by atoms with Crippen LogP contribution in [-0.2, 0) is 0 Å². The molecule has 112 heavy (non-hydrogen) atoms. The average molecular weight is 1710 g/mol. The molecular formula is C102H76Br4N6. The summed E-state index contributed by atoms with van der Waals surface area (Å²) in [5.41, 5.74) is 31.1. The number of hydrogen-bond acceptors (Lipinski definition) is 6. The van der Waals surface area contributed by atoms with Gasteiger partial charge in [-0.2, -0.15) is 0 Å². The van der Waals surface area contributed by atoms with Crippen molar-refractivity contribution in [3.63, 3.8) is 0 Å². The fourth-order valence-corrected chi connectivity index (χ4v) is 19.4. The number of pyridine rings is 4. The molecule has 5 aromatic heterocycles. The molecule has 4 atom stereocenters. The number of nitrogens with zero attached hydrogens (tertiary/aromatic N) is 6. The van der Waals surface area contributed by atoms with Gasteiger partial charge in [0.05, 0.1) is 22.8 Å². The zero-order valence-corrected chi connectivity index (χ0v) is 67.7. The molecule has 0 aliphatic heterocycles. The largest absolute Gasteiger partial charge is 0.256 e. The third-order valence-corrected chi connectivity index (χ3v) is 25.0. The summed E-state index contributed by atoms with van der Waals surface area (Å²) < 4.78 is 4.13. The van der Waals surface area contributed by atoms with Crippen LogP contribution in [0.2, 0.25) is 0 Å². The molecule has 5 heterocycles. The van der Waals surface area contributed by atoms with Crippen LogP contribution in [0.3, 0.4) is 0 Å². The van der Waals surface area contributed by atoms with E-state index in [1.165, 1.54) is 66.8 Å². The highest BCUT2D eigenvalue weighted by Gasteiger charge is 2.37. The molecule has 11 aromatic carbocycles. The first-order valence-corrected chi connectivity index (χ1v) is 41.6. The summed E-state index contributed by atoms with van der Waals surface area (Å²) in [5.74, 6) is 2.07. The van der Waals surface area contributed by atoms with Crippen LogP contribution in [0.4, 0.5) is 0 Å². The van der Waals surface area contributed by atoms with Crippen molar-refractivity contribution < 1.29 is 0 Å². The summed E-state index contributed by atoms with van der Waals surface area (Å²) in [6.45, 7) is 0. The number of benzene rings is 11. The molecule has 0 radical (unpaired) electrons. The lowest BCUT2D eigenvalue weighted by molar-refractivity contribution is 0.353. The van der Waals surface area contributed by atoms with Crippen molar-refractivity contribution in [3.05, 3.63) is 404 Å². The van der Waals surface area contributed by atoms with E-state index in [9.17, 15) is 0 Å². The van der Waals surface area contributed by atoms with E-state index >= 15 is 0 Å². The van der Waals surface area contributed by atoms with Gasteiger partial charge in [0, 0.05) is 111 Å². The van der Waals surface area contributed by atoms with Gasteiger partial charge in [-0.3, -0.25) is 19.9 Å². The van der Waals surface area contributed by atoms with Crippen LogP contribution in [-0.4, -0.2) is 29.9 Å². The van der Waals surface area contributed by atoms with E-state index in [4.69, 9.17) is 29.9 Å². The van der Waals surface area contributed by atoms with E-state index in [1.807, 2.05) is 12.4 Å². The summed E-state index contributed by atoms with van der Waals surface area (Å²) in [4.78, 5) is 30.7. The minimum Gasteiger partial charge on any atom is -0.256 e. The average Bonchev–Trinajstić information content (AvgIpc) is 0.769. The molecule has 0 saturated heterocycles. The van der Waals surface area contributed by atoms with Gasteiger partial charge in [-0.1, -0.05) is 306 Å².